The van der Waals surface area contributed by atoms with E-state index in [-0.39, 0.29) is 18.3 Å². The number of carbonyl (C=O) groups excluding carboxylic acids is 2. The largest absolute Gasteiger partial charge is 0.509 e. The standard InChI is InChI=1S/C22H43NO7/c1-15(13-21(7,8)29-18(4)24)27-19(25)30-22(9,10)14-16(2)28-20(5,6)11-12-26-17(3)23/h15-17H,11-14,23H2,1-10H3. The molecule has 0 bridgehead atoms. The van der Waals surface area contributed by atoms with Gasteiger partial charge in [-0.2, -0.15) is 0 Å². The number of esters is 1. The summed E-state index contributed by atoms with van der Waals surface area (Å²) in [5.41, 5.74) is 3.68. The van der Waals surface area contributed by atoms with Crippen LogP contribution >= 0.6 is 0 Å². The Morgan fingerprint density at radius 2 is 1.33 bits per heavy atom. The quantitative estimate of drug-likeness (QED) is 0.338. The SMILES string of the molecule is CC(=O)OC(C)(C)CC(C)OC(=O)OC(C)(C)CC(C)OC(C)(C)CCOC(C)N. The van der Waals surface area contributed by atoms with Gasteiger partial charge in [0.15, 0.2) is 0 Å². The molecule has 8 nitrogen and oxygen atoms in total. The Balaban J connectivity index is 4.54. The smallest absolute Gasteiger partial charge is 0.460 e. The molecule has 3 atom stereocenters. The predicted molar refractivity (Wildman–Crippen MR) is 115 cm³/mol. The number of ether oxygens (including phenoxy) is 5. The lowest BCUT2D eigenvalue weighted by Gasteiger charge is -2.34. The van der Waals surface area contributed by atoms with Crippen LogP contribution in [0, 0.1) is 0 Å². The van der Waals surface area contributed by atoms with Gasteiger partial charge in [-0.05, 0) is 68.7 Å². The third-order valence-corrected chi connectivity index (χ3v) is 4.24. The summed E-state index contributed by atoms with van der Waals surface area (Å²) in [6.45, 7) is 18.5. The molecule has 0 amide bonds. The first kappa shape index (κ1) is 28.6. The molecule has 178 valence electrons. The second-order valence-corrected chi connectivity index (χ2v) is 9.82. The zero-order valence-corrected chi connectivity index (χ0v) is 20.5. The minimum Gasteiger partial charge on any atom is -0.460 e. The van der Waals surface area contributed by atoms with Crippen LogP contribution in [0.1, 0.15) is 88.5 Å². The van der Waals surface area contributed by atoms with E-state index in [0.29, 0.717) is 25.9 Å². The second kappa shape index (κ2) is 11.9. The van der Waals surface area contributed by atoms with Crippen LogP contribution in [0.15, 0.2) is 0 Å². The van der Waals surface area contributed by atoms with E-state index in [1.807, 2.05) is 34.6 Å². The van der Waals surface area contributed by atoms with Crippen LogP contribution in [-0.4, -0.2) is 54.0 Å². The molecule has 0 saturated carbocycles. The van der Waals surface area contributed by atoms with Crippen molar-refractivity contribution in [3.63, 3.8) is 0 Å². The number of carbonyl (C=O) groups is 2. The molecule has 30 heavy (non-hydrogen) atoms. The third-order valence-electron chi connectivity index (χ3n) is 4.24. The van der Waals surface area contributed by atoms with E-state index in [1.165, 1.54) is 6.92 Å². The van der Waals surface area contributed by atoms with Crippen molar-refractivity contribution in [3.05, 3.63) is 0 Å². The summed E-state index contributed by atoms with van der Waals surface area (Å²) in [5.74, 6) is -0.378. The molecule has 0 saturated heterocycles. The molecule has 8 heteroatoms. The molecule has 0 aromatic rings. The van der Waals surface area contributed by atoms with Crippen LogP contribution in [0.5, 0.6) is 0 Å². The molecule has 0 aliphatic rings. The Bertz CT molecular complexity index is 544. The van der Waals surface area contributed by atoms with Crippen molar-refractivity contribution in [2.24, 2.45) is 5.73 Å². The molecule has 0 aromatic carbocycles. The molecule has 3 unspecified atom stereocenters. The van der Waals surface area contributed by atoms with Gasteiger partial charge in [-0.15, -0.1) is 0 Å². The highest BCUT2D eigenvalue weighted by molar-refractivity contribution is 5.66. The van der Waals surface area contributed by atoms with Gasteiger partial charge in [0, 0.05) is 19.8 Å². The number of hydrogen-bond donors (Lipinski definition) is 1. The number of rotatable bonds is 13. The molecule has 0 fully saturated rings. The lowest BCUT2D eigenvalue weighted by Crippen LogP contribution is -2.38. The first-order valence-corrected chi connectivity index (χ1v) is 10.6. The second-order valence-electron chi connectivity index (χ2n) is 9.82. The maximum absolute atomic E-state index is 12.2. The fourth-order valence-electron chi connectivity index (χ4n) is 3.45. The van der Waals surface area contributed by atoms with Gasteiger partial charge in [0.05, 0.1) is 18.3 Å². The van der Waals surface area contributed by atoms with Crippen molar-refractivity contribution in [1.82, 2.24) is 0 Å². The Morgan fingerprint density at radius 3 is 1.83 bits per heavy atom. The summed E-state index contributed by atoms with van der Waals surface area (Å²) in [5, 5.41) is 0. The fraction of sp³-hybridized carbons (Fsp3) is 0.909. The number of nitrogens with two attached hydrogens (primary N) is 1. The highest BCUT2D eigenvalue weighted by Gasteiger charge is 2.32. The van der Waals surface area contributed by atoms with Gasteiger partial charge >= 0.3 is 12.1 Å². The Labute approximate surface area is 182 Å². The fourth-order valence-corrected chi connectivity index (χ4v) is 3.45. The first-order chi connectivity index (χ1) is 13.4. The maximum atomic E-state index is 12.2. The minimum absolute atomic E-state index is 0.154. The number of hydrogen-bond acceptors (Lipinski definition) is 8. The average molecular weight is 434 g/mol. The summed E-state index contributed by atoms with van der Waals surface area (Å²) in [4.78, 5) is 23.4. The van der Waals surface area contributed by atoms with Crippen molar-refractivity contribution in [2.75, 3.05) is 6.61 Å². The van der Waals surface area contributed by atoms with E-state index in [9.17, 15) is 9.59 Å². The van der Waals surface area contributed by atoms with Crippen LogP contribution in [0.4, 0.5) is 4.79 Å². The molecule has 0 heterocycles. The van der Waals surface area contributed by atoms with E-state index in [2.05, 4.69) is 0 Å². The Kier molecular flexibility index (Phi) is 11.3. The van der Waals surface area contributed by atoms with E-state index in [0.717, 1.165) is 0 Å². The van der Waals surface area contributed by atoms with E-state index >= 15 is 0 Å². The molecular formula is C22H43NO7. The highest BCUT2D eigenvalue weighted by Crippen LogP contribution is 2.25. The molecular weight excluding hydrogens is 390 g/mol. The molecule has 0 aliphatic carbocycles. The zero-order chi connectivity index (χ0) is 23.8. The van der Waals surface area contributed by atoms with Gasteiger partial charge < -0.3 is 29.4 Å². The third kappa shape index (κ3) is 14.6. The molecule has 0 radical (unpaired) electrons. The van der Waals surface area contributed by atoms with Crippen LogP contribution in [0.25, 0.3) is 0 Å². The van der Waals surface area contributed by atoms with Crippen molar-refractivity contribution in [1.29, 1.82) is 0 Å². The van der Waals surface area contributed by atoms with Crippen molar-refractivity contribution >= 4 is 12.1 Å². The van der Waals surface area contributed by atoms with Crippen LogP contribution < -0.4 is 5.73 Å². The van der Waals surface area contributed by atoms with E-state index in [4.69, 9.17) is 29.4 Å². The Hall–Kier alpha value is -1.38. The van der Waals surface area contributed by atoms with Crippen molar-refractivity contribution in [2.45, 2.75) is 124 Å². The first-order valence-electron chi connectivity index (χ1n) is 10.6. The van der Waals surface area contributed by atoms with E-state index in [1.54, 1.807) is 27.7 Å². The van der Waals surface area contributed by atoms with Gasteiger partial charge in [0.25, 0.3) is 0 Å². The van der Waals surface area contributed by atoms with Gasteiger partial charge in [-0.25, -0.2) is 4.79 Å². The molecule has 0 aromatic heterocycles. The summed E-state index contributed by atoms with van der Waals surface area (Å²) < 4.78 is 27.6. The summed E-state index contributed by atoms with van der Waals surface area (Å²) in [6.07, 6.45) is -0.149. The van der Waals surface area contributed by atoms with Gasteiger partial charge in [0.2, 0.25) is 0 Å². The van der Waals surface area contributed by atoms with Crippen LogP contribution in [0.3, 0.4) is 0 Å². The lowest BCUT2D eigenvalue weighted by molar-refractivity contribution is -0.156. The average Bonchev–Trinajstić information content (AvgIpc) is 2.40. The van der Waals surface area contributed by atoms with Gasteiger partial charge in [-0.3, -0.25) is 4.79 Å². The highest BCUT2D eigenvalue weighted by atomic mass is 16.7. The topological polar surface area (TPSA) is 106 Å². The molecule has 0 spiro atoms. The predicted octanol–water partition coefficient (Wildman–Crippen LogP) is 4.32. The zero-order valence-electron chi connectivity index (χ0n) is 20.5. The minimum atomic E-state index is -0.778. The van der Waals surface area contributed by atoms with Gasteiger partial charge in [0.1, 0.15) is 23.5 Å². The van der Waals surface area contributed by atoms with Crippen molar-refractivity contribution in [3.8, 4) is 0 Å². The van der Waals surface area contributed by atoms with Crippen LogP contribution in [0.2, 0.25) is 0 Å². The van der Waals surface area contributed by atoms with Gasteiger partial charge in [-0.1, -0.05) is 0 Å². The maximum Gasteiger partial charge on any atom is 0.509 e. The Morgan fingerprint density at radius 1 is 0.833 bits per heavy atom. The normalized spacial score (nSPS) is 15.8. The molecule has 2 N–H and O–H groups in total. The lowest BCUT2D eigenvalue weighted by atomic mass is 9.99. The monoisotopic (exact) mass is 433 g/mol. The van der Waals surface area contributed by atoms with Crippen molar-refractivity contribution < 1.29 is 33.3 Å². The summed E-state index contributed by atoms with van der Waals surface area (Å²) >= 11 is 0. The molecule has 0 rings (SSSR count). The van der Waals surface area contributed by atoms with E-state index < -0.39 is 29.1 Å². The van der Waals surface area contributed by atoms with Crippen LogP contribution in [-0.2, 0) is 28.5 Å². The molecule has 0 aliphatic heterocycles. The summed E-state index contributed by atoms with van der Waals surface area (Å²) in [6, 6.07) is 0. The summed E-state index contributed by atoms with van der Waals surface area (Å²) in [7, 11) is 0.